The molecule has 0 spiro atoms. The van der Waals surface area contributed by atoms with E-state index in [1.165, 1.54) is 0 Å². The van der Waals surface area contributed by atoms with Crippen LogP contribution in [0.3, 0.4) is 0 Å². The van der Waals surface area contributed by atoms with Crippen LogP contribution in [0.4, 0.5) is 0 Å². The number of hydrogen-bond donors (Lipinski definition) is 5. The first kappa shape index (κ1) is 42.2. The van der Waals surface area contributed by atoms with Gasteiger partial charge in [0.1, 0.15) is 16.8 Å². The van der Waals surface area contributed by atoms with Crippen molar-refractivity contribution in [2.45, 2.75) is 91.6 Å². The van der Waals surface area contributed by atoms with Crippen LogP contribution in [-0.2, 0) is 28.8 Å². The molecule has 16 heteroatoms. The molecule has 42 heavy (non-hydrogen) atoms. The second-order valence-electron chi connectivity index (χ2n) is 13.0. The number of hydrogen-bond acceptors (Lipinski definition) is 11. The molecule has 5 N–H and O–H groups in total. The van der Waals surface area contributed by atoms with Gasteiger partial charge >= 0.3 is 0 Å². The van der Waals surface area contributed by atoms with Crippen LogP contribution in [-0.4, -0.2) is 83.8 Å². The molecule has 242 valence electrons. The lowest BCUT2D eigenvalue weighted by atomic mass is 9.40. The Morgan fingerprint density at radius 3 is 1.00 bits per heavy atom. The summed E-state index contributed by atoms with van der Waals surface area (Å²) in [6, 6.07) is 0. The van der Waals surface area contributed by atoms with E-state index in [1.54, 1.807) is 0 Å². The number of aliphatic hydroxyl groups is 5. The molecule has 11 nitrogen and oxygen atoms in total. The standard InChI is InChI=1S/C26H37Br5O11/c1-18(2,13(27)34)12(33)24(40,20(5,6)15(29)36)26(42,22(9,10)17(31)38)25(41,21(7,8)16(30)37)23(39,11-32)19(3,4)14(28)35/h32,39-42H,11H2,1-10H3/t23-,24+,25+,26+/m0/s1. The summed E-state index contributed by atoms with van der Waals surface area (Å²) in [5, 5.41) is 62.2. The number of ketones is 1. The lowest BCUT2D eigenvalue weighted by Crippen LogP contribution is -2.91. The highest BCUT2D eigenvalue weighted by molar-refractivity contribution is 9.19. The normalized spacial score (nSPS) is 19.4. The highest BCUT2D eigenvalue weighted by atomic mass is 79.9. The molecule has 4 atom stereocenters. The number of Topliss-reactive ketones (excluding diaryl/α,β-unsaturated/α-hetero) is 1. The van der Waals surface area contributed by atoms with Crippen LogP contribution >= 0.6 is 79.6 Å². The van der Waals surface area contributed by atoms with E-state index in [0.717, 1.165) is 69.2 Å². The molecule has 0 bridgehead atoms. The highest BCUT2D eigenvalue weighted by Gasteiger charge is 2.87. The first-order chi connectivity index (χ1) is 18.2. The molecule has 0 radical (unpaired) electrons. The van der Waals surface area contributed by atoms with Gasteiger partial charge in [-0.25, -0.2) is 0 Å². The topological polar surface area (TPSA) is 204 Å². The summed E-state index contributed by atoms with van der Waals surface area (Å²) >= 11 is 13.4. The number of carbonyl (C=O) groups excluding carboxylic acids is 6. The van der Waals surface area contributed by atoms with Crippen LogP contribution < -0.4 is 0 Å². The van der Waals surface area contributed by atoms with Gasteiger partial charge in [0.25, 0.3) is 0 Å². The Kier molecular flexibility index (Phi) is 12.5. The summed E-state index contributed by atoms with van der Waals surface area (Å²) in [6.07, 6.45) is 0. The summed E-state index contributed by atoms with van der Waals surface area (Å²) < 4.78 is -5.77. The minimum absolute atomic E-state index is 0.917. The maximum absolute atomic E-state index is 14.5. The second-order valence-corrected chi connectivity index (χ2v) is 16.6. The van der Waals surface area contributed by atoms with Gasteiger partial charge in [-0.15, -0.1) is 0 Å². The Hall–Kier alpha value is 0.220. The fourth-order valence-electron chi connectivity index (χ4n) is 5.23. The van der Waals surface area contributed by atoms with Gasteiger partial charge in [-0.3, -0.25) is 28.8 Å². The van der Waals surface area contributed by atoms with E-state index in [0.29, 0.717) is 0 Å². The van der Waals surface area contributed by atoms with E-state index in [2.05, 4.69) is 79.6 Å². The zero-order valence-electron chi connectivity index (χ0n) is 24.8. The molecule has 0 aliphatic carbocycles. The molecule has 0 saturated carbocycles. The van der Waals surface area contributed by atoms with Crippen molar-refractivity contribution >= 4 is 109 Å². The molecule has 0 aromatic carbocycles. The Bertz CT molecular complexity index is 1200. The maximum atomic E-state index is 14.5. The molecule has 0 aromatic rings. The van der Waals surface area contributed by atoms with Crippen LogP contribution in [0.5, 0.6) is 0 Å². The monoisotopic (exact) mass is 920 g/mol. The van der Waals surface area contributed by atoms with Crippen molar-refractivity contribution in [2.24, 2.45) is 27.1 Å². The summed E-state index contributed by atoms with van der Waals surface area (Å²) in [6.45, 7) is 8.02. The van der Waals surface area contributed by atoms with E-state index >= 15 is 0 Å². The van der Waals surface area contributed by atoms with Crippen molar-refractivity contribution in [3.63, 3.8) is 0 Å². The van der Waals surface area contributed by atoms with E-state index < -0.39 is 85.3 Å². The average molecular weight is 925 g/mol. The van der Waals surface area contributed by atoms with Crippen LogP contribution in [0.1, 0.15) is 69.2 Å². The zero-order chi connectivity index (χ0) is 34.7. The van der Waals surface area contributed by atoms with Gasteiger partial charge in [-0.2, -0.15) is 0 Å². The summed E-state index contributed by atoms with van der Waals surface area (Å²) in [5.74, 6) is -1.64. The van der Waals surface area contributed by atoms with E-state index in [-0.39, 0.29) is 0 Å². The predicted molar refractivity (Wildman–Crippen MR) is 170 cm³/mol. The number of aliphatic hydroxyl groups excluding tert-OH is 1. The zero-order valence-corrected chi connectivity index (χ0v) is 32.7. The Morgan fingerprint density at radius 2 is 0.762 bits per heavy atom. The van der Waals surface area contributed by atoms with Crippen LogP contribution in [0.2, 0.25) is 0 Å². The maximum Gasteiger partial charge on any atom is 0.210 e. The third-order valence-electron chi connectivity index (χ3n) is 8.98. The molecule has 0 rings (SSSR count). The number of rotatable bonds is 15. The van der Waals surface area contributed by atoms with Gasteiger partial charge in [-0.1, -0.05) is 0 Å². The average Bonchev–Trinajstić information content (AvgIpc) is 2.84. The van der Waals surface area contributed by atoms with Gasteiger partial charge in [0.15, 0.2) is 11.4 Å². The minimum Gasteiger partial charge on any atom is -0.393 e. The number of carbonyl (C=O) groups is 6. The lowest BCUT2D eigenvalue weighted by Gasteiger charge is -2.69. The Labute approximate surface area is 286 Å². The van der Waals surface area contributed by atoms with E-state index in [4.69, 9.17) is 0 Å². The van der Waals surface area contributed by atoms with Crippen molar-refractivity contribution in [1.82, 2.24) is 0 Å². The Balaban J connectivity index is 9.56. The molecule has 0 amide bonds. The molecular weight excluding hydrogens is 888 g/mol. The molecule has 0 aliphatic heterocycles. The van der Waals surface area contributed by atoms with Crippen molar-refractivity contribution in [3.8, 4) is 0 Å². The third kappa shape index (κ3) is 5.28. The third-order valence-corrected chi connectivity index (χ3v) is 13.9. The smallest absolute Gasteiger partial charge is 0.210 e. The van der Waals surface area contributed by atoms with Gasteiger partial charge in [0.05, 0.1) is 33.7 Å². The molecular formula is C26H37Br5O11. The van der Waals surface area contributed by atoms with Crippen molar-refractivity contribution in [2.75, 3.05) is 6.61 Å². The van der Waals surface area contributed by atoms with Crippen LogP contribution in [0.15, 0.2) is 0 Å². The van der Waals surface area contributed by atoms with Crippen molar-refractivity contribution in [1.29, 1.82) is 0 Å². The molecule has 0 saturated heterocycles. The van der Waals surface area contributed by atoms with Crippen molar-refractivity contribution in [3.05, 3.63) is 0 Å². The van der Waals surface area contributed by atoms with Gasteiger partial charge < -0.3 is 25.5 Å². The fraction of sp³-hybridized carbons (Fsp3) is 0.769. The Morgan fingerprint density at radius 1 is 0.476 bits per heavy atom. The lowest BCUT2D eigenvalue weighted by molar-refractivity contribution is -0.373. The first-order valence-corrected chi connectivity index (χ1v) is 16.2. The molecule has 0 fully saturated rings. The van der Waals surface area contributed by atoms with Gasteiger partial charge in [0, 0.05) is 0 Å². The number of halogens is 5. The molecule has 0 heterocycles. The SMILES string of the molecule is CC(C)(C(=O)Br)C(=O)[C@@](O)(C(C)(C)C(=O)Br)[C@](O)(C(C)(C)C(=O)Br)[C@@](O)(C(C)(C)C(=O)Br)[C@](O)(CO)C(C)(C)C(=O)Br. The molecule has 0 aromatic heterocycles. The molecule has 0 unspecified atom stereocenters. The van der Waals surface area contributed by atoms with Crippen LogP contribution in [0.25, 0.3) is 0 Å². The summed E-state index contributed by atoms with van der Waals surface area (Å²) in [7, 11) is 0. The summed E-state index contributed by atoms with van der Waals surface area (Å²) in [4.78, 5) is 79.9. The summed E-state index contributed by atoms with van der Waals surface area (Å²) in [5.41, 5.74) is -27.7. The van der Waals surface area contributed by atoms with E-state index in [9.17, 15) is 54.3 Å². The second kappa shape index (κ2) is 12.4. The van der Waals surface area contributed by atoms with E-state index in [1.807, 2.05) is 0 Å². The molecule has 0 aliphatic rings. The minimum atomic E-state index is -3.94. The predicted octanol–water partition coefficient (Wildman–Crippen LogP) is 3.21. The van der Waals surface area contributed by atoms with Gasteiger partial charge in [-0.05, 0) is 149 Å². The fourth-order valence-corrected chi connectivity index (χ4v) is 6.60. The highest BCUT2D eigenvalue weighted by Crippen LogP contribution is 2.65. The largest absolute Gasteiger partial charge is 0.393 e. The van der Waals surface area contributed by atoms with Gasteiger partial charge in [0.2, 0.25) is 23.5 Å². The van der Waals surface area contributed by atoms with Crippen LogP contribution in [0, 0.1) is 27.1 Å². The quantitative estimate of drug-likeness (QED) is 0.119. The first-order valence-electron chi connectivity index (χ1n) is 12.2. The van der Waals surface area contributed by atoms with Crippen molar-refractivity contribution < 1.29 is 54.3 Å².